The summed E-state index contributed by atoms with van der Waals surface area (Å²) in [5, 5.41) is 13.0. The number of para-hydroxylation sites is 1. The van der Waals surface area contributed by atoms with Crippen LogP contribution < -0.4 is 4.74 Å². The van der Waals surface area contributed by atoms with Crippen LogP contribution in [-0.4, -0.2) is 19.9 Å². The zero-order chi connectivity index (χ0) is 12.3. The molecule has 1 aromatic heterocycles. The van der Waals surface area contributed by atoms with Crippen LogP contribution in [0.15, 0.2) is 24.5 Å². The number of nitrogens with zero attached hydrogens (tertiary/aromatic N) is 3. The van der Waals surface area contributed by atoms with Gasteiger partial charge in [-0.3, -0.25) is 4.68 Å². The van der Waals surface area contributed by atoms with Gasteiger partial charge in [-0.2, -0.15) is 5.10 Å². The van der Waals surface area contributed by atoms with E-state index in [2.05, 4.69) is 10.1 Å². The largest absolute Gasteiger partial charge is 0.482 e. The van der Waals surface area contributed by atoms with Crippen molar-refractivity contribution in [3.63, 3.8) is 0 Å². The number of halogens is 1. The van der Waals surface area contributed by atoms with E-state index in [9.17, 15) is 4.39 Å². The molecule has 2 rings (SSSR count). The third kappa shape index (κ3) is 2.42. The lowest BCUT2D eigenvalue weighted by Crippen LogP contribution is -2.06. The summed E-state index contributed by atoms with van der Waals surface area (Å²) < 4.78 is 20.4. The SMILES string of the molecule is Cn1ncnc1COc1c(F)cccc1CO. The van der Waals surface area contributed by atoms with Gasteiger partial charge in [-0.25, -0.2) is 9.37 Å². The number of aliphatic hydroxyl groups excluding tert-OH is 1. The highest BCUT2D eigenvalue weighted by atomic mass is 19.1. The zero-order valence-corrected chi connectivity index (χ0v) is 9.30. The van der Waals surface area contributed by atoms with Gasteiger partial charge < -0.3 is 9.84 Å². The predicted molar refractivity (Wildman–Crippen MR) is 57.7 cm³/mol. The fourth-order valence-electron chi connectivity index (χ4n) is 1.43. The van der Waals surface area contributed by atoms with Gasteiger partial charge in [-0.1, -0.05) is 12.1 Å². The molecule has 2 aromatic rings. The van der Waals surface area contributed by atoms with Crippen LogP contribution in [-0.2, 0) is 20.3 Å². The first-order valence-electron chi connectivity index (χ1n) is 5.06. The number of hydrogen-bond acceptors (Lipinski definition) is 4. The number of aryl methyl sites for hydroxylation is 1. The highest BCUT2D eigenvalue weighted by Gasteiger charge is 2.10. The summed E-state index contributed by atoms with van der Waals surface area (Å²) >= 11 is 0. The van der Waals surface area contributed by atoms with Gasteiger partial charge in [-0.05, 0) is 6.07 Å². The molecule has 0 aliphatic rings. The first-order chi connectivity index (χ1) is 8.22. The van der Waals surface area contributed by atoms with Gasteiger partial charge in [-0.15, -0.1) is 0 Å². The van der Waals surface area contributed by atoms with Crippen LogP contribution in [0.1, 0.15) is 11.4 Å². The average molecular weight is 237 g/mol. The van der Waals surface area contributed by atoms with E-state index in [0.29, 0.717) is 11.4 Å². The van der Waals surface area contributed by atoms with Gasteiger partial charge in [0.15, 0.2) is 17.4 Å². The van der Waals surface area contributed by atoms with E-state index in [1.807, 2.05) is 0 Å². The normalized spacial score (nSPS) is 10.5. The Bertz CT molecular complexity index is 513. The fraction of sp³-hybridized carbons (Fsp3) is 0.273. The summed E-state index contributed by atoms with van der Waals surface area (Å²) in [4.78, 5) is 3.96. The van der Waals surface area contributed by atoms with Crippen LogP contribution in [0, 0.1) is 5.82 Å². The van der Waals surface area contributed by atoms with E-state index < -0.39 is 5.82 Å². The van der Waals surface area contributed by atoms with Crippen molar-refractivity contribution < 1.29 is 14.2 Å². The van der Waals surface area contributed by atoms with Crippen LogP contribution in [0.3, 0.4) is 0 Å². The van der Waals surface area contributed by atoms with Crippen molar-refractivity contribution in [1.82, 2.24) is 14.8 Å². The summed E-state index contributed by atoms with van der Waals surface area (Å²) in [7, 11) is 1.72. The molecule has 0 unspecified atom stereocenters. The molecule has 17 heavy (non-hydrogen) atoms. The zero-order valence-electron chi connectivity index (χ0n) is 9.30. The van der Waals surface area contributed by atoms with E-state index >= 15 is 0 Å². The molecule has 6 heteroatoms. The standard InChI is InChI=1S/C11H12FN3O2/c1-15-10(13-7-14-15)6-17-11-8(5-16)3-2-4-9(11)12/h2-4,7,16H,5-6H2,1H3. The molecule has 0 radical (unpaired) electrons. The second kappa shape index (κ2) is 4.92. The maximum Gasteiger partial charge on any atom is 0.165 e. The third-order valence-corrected chi connectivity index (χ3v) is 2.37. The molecule has 1 heterocycles. The summed E-state index contributed by atoms with van der Waals surface area (Å²) in [5.41, 5.74) is 0.409. The smallest absolute Gasteiger partial charge is 0.165 e. The highest BCUT2D eigenvalue weighted by molar-refractivity contribution is 5.34. The second-order valence-electron chi connectivity index (χ2n) is 3.47. The monoisotopic (exact) mass is 237 g/mol. The summed E-state index contributed by atoms with van der Waals surface area (Å²) in [6.07, 6.45) is 1.40. The Labute approximate surface area is 97.5 Å². The summed E-state index contributed by atoms with van der Waals surface area (Å²) in [5.74, 6) is 0.133. The third-order valence-electron chi connectivity index (χ3n) is 2.37. The van der Waals surface area contributed by atoms with Gasteiger partial charge in [0.05, 0.1) is 6.61 Å². The van der Waals surface area contributed by atoms with Gasteiger partial charge >= 0.3 is 0 Å². The minimum atomic E-state index is -0.501. The van der Waals surface area contributed by atoms with E-state index in [4.69, 9.17) is 9.84 Å². The molecule has 0 aliphatic heterocycles. The van der Waals surface area contributed by atoms with Gasteiger partial charge in [0.25, 0.3) is 0 Å². The lowest BCUT2D eigenvalue weighted by molar-refractivity contribution is 0.245. The Morgan fingerprint density at radius 1 is 1.47 bits per heavy atom. The first kappa shape index (κ1) is 11.5. The van der Waals surface area contributed by atoms with Crippen LogP contribution in [0.5, 0.6) is 5.75 Å². The van der Waals surface area contributed by atoms with Crippen LogP contribution in [0.4, 0.5) is 4.39 Å². The molecule has 90 valence electrons. The molecule has 0 amide bonds. The topological polar surface area (TPSA) is 60.2 Å². The van der Waals surface area contributed by atoms with E-state index in [1.165, 1.54) is 18.5 Å². The number of rotatable bonds is 4. The van der Waals surface area contributed by atoms with Crippen molar-refractivity contribution in [2.24, 2.45) is 7.05 Å². The molecular weight excluding hydrogens is 225 g/mol. The number of ether oxygens (including phenoxy) is 1. The molecule has 1 N–H and O–H groups in total. The van der Waals surface area contributed by atoms with Crippen molar-refractivity contribution in [3.05, 3.63) is 41.7 Å². The van der Waals surface area contributed by atoms with Gasteiger partial charge in [0.2, 0.25) is 0 Å². The molecule has 0 bridgehead atoms. The molecule has 0 atom stereocenters. The molecule has 0 saturated heterocycles. The Kier molecular flexibility index (Phi) is 3.34. The molecule has 1 aromatic carbocycles. The minimum Gasteiger partial charge on any atom is -0.482 e. The number of aromatic nitrogens is 3. The quantitative estimate of drug-likeness (QED) is 0.862. The fourth-order valence-corrected chi connectivity index (χ4v) is 1.43. The van der Waals surface area contributed by atoms with Crippen molar-refractivity contribution in [1.29, 1.82) is 0 Å². The maximum absolute atomic E-state index is 13.5. The lowest BCUT2D eigenvalue weighted by atomic mass is 10.2. The molecular formula is C11H12FN3O2. The van der Waals surface area contributed by atoms with Crippen molar-refractivity contribution in [3.8, 4) is 5.75 Å². The Hall–Kier alpha value is -1.95. The molecule has 0 aliphatic carbocycles. The predicted octanol–water partition coefficient (Wildman–Crippen LogP) is 1.03. The van der Waals surface area contributed by atoms with E-state index in [-0.39, 0.29) is 19.0 Å². The molecule has 5 nitrogen and oxygen atoms in total. The van der Waals surface area contributed by atoms with Gasteiger partial charge in [0, 0.05) is 12.6 Å². The van der Waals surface area contributed by atoms with Crippen LogP contribution in [0.25, 0.3) is 0 Å². The Morgan fingerprint density at radius 3 is 2.94 bits per heavy atom. The van der Waals surface area contributed by atoms with Crippen LogP contribution in [0.2, 0.25) is 0 Å². The minimum absolute atomic E-state index is 0.0537. The molecule has 0 saturated carbocycles. The lowest BCUT2D eigenvalue weighted by Gasteiger charge is -2.10. The molecule has 0 spiro atoms. The number of hydrogen-bond donors (Lipinski definition) is 1. The Morgan fingerprint density at radius 2 is 2.29 bits per heavy atom. The first-order valence-corrected chi connectivity index (χ1v) is 5.06. The van der Waals surface area contributed by atoms with Crippen molar-refractivity contribution in [2.75, 3.05) is 0 Å². The van der Waals surface area contributed by atoms with Crippen molar-refractivity contribution >= 4 is 0 Å². The number of aliphatic hydroxyl groups is 1. The second-order valence-corrected chi connectivity index (χ2v) is 3.47. The van der Waals surface area contributed by atoms with Crippen molar-refractivity contribution in [2.45, 2.75) is 13.2 Å². The van der Waals surface area contributed by atoms with E-state index in [0.717, 1.165) is 0 Å². The summed E-state index contributed by atoms with van der Waals surface area (Å²) in [6, 6.07) is 4.41. The summed E-state index contributed by atoms with van der Waals surface area (Å²) in [6.45, 7) is -0.170. The Balaban J connectivity index is 2.16. The number of benzene rings is 1. The highest BCUT2D eigenvalue weighted by Crippen LogP contribution is 2.23. The van der Waals surface area contributed by atoms with E-state index in [1.54, 1.807) is 17.8 Å². The van der Waals surface area contributed by atoms with Gasteiger partial charge in [0.1, 0.15) is 12.9 Å². The van der Waals surface area contributed by atoms with Crippen LogP contribution >= 0.6 is 0 Å². The molecule has 0 fully saturated rings. The average Bonchev–Trinajstić information content (AvgIpc) is 2.73. The maximum atomic E-state index is 13.5.